The van der Waals surface area contributed by atoms with Crippen molar-refractivity contribution in [2.75, 3.05) is 13.6 Å². The minimum absolute atomic E-state index is 0.149. The molecule has 1 fully saturated rings. The Morgan fingerprint density at radius 2 is 2.12 bits per heavy atom. The van der Waals surface area contributed by atoms with E-state index in [4.69, 9.17) is 9.26 Å². The number of benzene rings is 1. The van der Waals surface area contributed by atoms with Gasteiger partial charge in [0, 0.05) is 12.5 Å². The minimum Gasteiger partial charge on any atom is -0.485 e. The Morgan fingerprint density at radius 1 is 1.36 bits per heavy atom. The summed E-state index contributed by atoms with van der Waals surface area (Å²) in [6.45, 7) is 5.27. The highest BCUT2D eigenvalue weighted by Gasteiger charge is 2.38. The van der Waals surface area contributed by atoms with Crippen LogP contribution in [0.4, 0.5) is 0 Å². The highest BCUT2D eigenvalue weighted by molar-refractivity contribution is 5.32. The fraction of sp³-hybridized carbons (Fsp3) is 0.579. The summed E-state index contributed by atoms with van der Waals surface area (Å²) in [5, 5.41) is 14.9. The van der Waals surface area contributed by atoms with Crippen LogP contribution >= 0.6 is 0 Å². The number of hydrogen-bond donors (Lipinski definition) is 1. The average Bonchev–Trinajstić information content (AvgIpc) is 3.23. The van der Waals surface area contributed by atoms with E-state index >= 15 is 0 Å². The molecule has 136 valence electrons. The normalized spacial score (nSPS) is 20.6. The van der Waals surface area contributed by atoms with Gasteiger partial charge in [-0.05, 0) is 57.5 Å². The van der Waals surface area contributed by atoms with E-state index in [1.54, 1.807) is 0 Å². The topological polar surface area (TPSA) is 71.6 Å². The summed E-state index contributed by atoms with van der Waals surface area (Å²) in [6.07, 6.45) is 3.90. The van der Waals surface area contributed by atoms with Gasteiger partial charge < -0.3 is 19.3 Å². The summed E-state index contributed by atoms with van der Waals surface area (Å²) >= 11 is 0. The van der Waals surface area contributed by atoms with Gasteiger partial charge in [0.05, 0.1) is 0 Å². The second kappa shape index (κ2) is 7.54. The minimum atomic E-state index is -0.869. The number of hydrogen-bond acceptors (Lipinski definition) is 6. The summed E-state index contributed by atoms with van der Waals surface area (Å²) in [6, 6.07) is 7.77. The van der Waals surface area contributed by atoms with Crippen LogP contribution in [-0.2, 0) is 18.6 Å². The molecular formula is C19H27N3O3. The van der Waals surface area contributed by atoms with Gasteiger partial charge in [-0.25, -0.2) is 0 Å². The summed E-state index contributed by atoms with van der Waals surface area (Å²) in [7, 11) is 2.07. The monoisotopic (exact) mass is 345 g/mol. The molecule has 6 nitrogen and oxygen atoms in total. The Hall–Kier alpha value is -1.92. The lowest BCUT2D eigenvalue weighted by Gasteiger charge is -2.35. The second-order valence-electron chi connectivity index (χ2n) is 6.95. The van der Waals surface area contributed by atoms with E-state index in [1.807, 2.05) is 31.2 Å². The van der Waals surface area contributed by atoms with E-state index in [-0.39, 0.29) is 12.6 Å². The van der Waals surface area contributed by atoms with Gasteiger partial charge >= 0.3 is 0 Å². The molecule has 0 amide bonds. The standard InChI is InChI=1S/C19H27N3O3/c1-4-6-18-20-17(21-25-18)13-24-15-10-8-14(9-11-15)19(2,23)16-7-5-12-22(16)3/h8-11,16,23H,4-7,12-13H2,1-3H3/t16-,19?/m1/s1. The molecule has 1 aliphatic heterocycles. The first kappa shape index (κ1) is 17.9. The van der Waals surface area contributed by atoms with Crippen LogP contribution in [0.3, 0.4) is 0 Å². The van der Waals surface area contributed by atoms with Crippen LogP contribution in [0.1, 0.15) is 50.4 Å². The van der Waals surface area contributed by atoms with Gasteiger partial charge in [-0.2, -0.15) is 4.98 Å². The molecule has 25 heavy (non-hydrogen) atoms. The van der Waals surface area contributed by atoms with Crippen LogP contribution in [0.25, 0.3) is 0 Å². The van der Waals surface area contributed by atoms with Crippen molar-refractivity contribution in [2.45, 2.75) is 57.8 Å². The van der Waals surface area contributed by atoms with E-state index < -0.39 is 5.60 Å². The zero-order valence-corrected chi connectivity index (χ0v) is 15.2. The molecule has 1 aliphatic rings. The molecule has 2 atom stereocenters. The molecule has 2 aromatic rings. The maximum absolute atomic E-state index is 11.0. The van der Waals surface area contributed by atoms with Crippen molar-refractivity contribution in [3.63, 3.8) is 0 Å². The molecule has 0 spiro atoms. The zero-order valence-electron chi connectivity index (χ0n) is 15.2. The Labute approximate surface area is 148 Å². The molecule has 0 aliphatic carbocycles. The van der Waals surface area contributed by atoms with Gasteiger partial charge in [0.2, 0.25) is 11.7 Å². The largest absolute Gasteiger partial charge is 0.485 e. The molecule has 1 N–H and O–H groups in total. The summed E-state index contributed by atoms with van der Waals surface area (Å²) < 4.78 is 10.9. The third kappa shape index (κ3) is 4.02. The number of likely N-dealkylation sites (N-methyl/N-ethyl adjacent to an activating group) is 1. The van der Waals surface area contributed by atoms with Crippen LogP contribution in [0.5, 0.6) is 5.75 Å². The fourth-order valence-corrected chi connectivity index (χ4v) is 3.51. The molecule has 1 aromatic carbocycles. The number of likely N-dealkylation sites (tertiary alicyclic amines) is 1. The van der Waals surface area contributed by atoms with Crippen molar-refractivity contribution in [2.24, 2.45) is 0 Å². The van der Waals surface area contributed by atoms with Crippen LogP contribution in [-0.4, -0.2) is 39.8 Å². The van der Waals surface area contributed by atoms with Gasteiger partial charge in [0.1, 0.15) is 11.4 Å². The number of ether oxygens (including phenoxy) is 1. The Kier molecular flexibility index (Phi) is 5.39. The molecule has 0 radical (unpaired) electrons. The smallest absolute Gasteiger partial charge is 0.226 e. The first-order valence-electron chi connectivity index (χ1n) is 8.98. The highest BCUT2D eigenvalue weighted by atomic mass is 16.5. The number of aryl methyl sites for hydroxylation is 1. The Bertz CT molecular complexity index is 681. The lowest BCUT2D eigenvalue weighted by Crippen LogP contribution is -2.43. The van der Waals surface area contributed by atoms with Gasteiger partial charge in [-0.1, -0.05) is 24.2 Å². The van der Waals surface area contributed by atoms with Crippen molar-refractivity contribution in [3.05, 3.63) is 41.5 Å². The fourth-order valence-electron chi connectivity index (χ4n) is 3.51. The van der Waals surface area contributed by atoms with Crippen molar-refractivity contribution < 1.29 is 14.4 Å². The molecule has 1 aromatic heterocycles. The Morgan fingerprint density at radius 3 is 2.76 bits per heavy atom. The molecule has 3 rings (SSSR count). The van der Waals surface area contributed by atoms with Crippen molar-refractivity contribution in [1.82, 2.24) is 15.0 Å². The number of aliphatic hydroxyl groups is 1. The van der Waals surface area contributed by atoms with Gasteiger partial charge in [0.15, 0.2) is 6.61 Å². The van der Waals surface area contributed by atoms with Crippen molar-refractivity contribution in [3.8, 4) is 5.75 Å². The van der Waals surface area contributed by atoms with E-state index in [1.165, 1.54) is 0 Å². The predicted octanol–water partition coefficient (Wildman–Crippen LogP) is 2.90. The molecule has 0 bridgehead atoms. The van der Waals surface area contributed by atoms with Crippen LogP contribution in [0.2, 0.25) is 0 Å². The van der Waals surface area contributed by atoms with E-state index in [2.05, 4.69) is 29.0 Å². The van der Waals surface area contributed by atoms with E-state index in [0.717, 1.165) is 43.5 Å². The van der Waals surface area contributed by atoms with Crippen LogP contribution in [0, 0.1) is 0 Å². The third-order valence-electron chi connectivity index (χ3n) is 4.95. The highest BCUT2D eigenvalue weighted by Crippen LogP contribution is 2.34. The Balaban J connectivity index is 1.61. The molecule has 1 saturated heterocycles. The number of aromatic nitrogens is 2. The number of rotatable bonds is 7. The average molecular weight is 345 g/mol. The van der Waals surface area contributed by atoms with E-state index in [0.29, 0.717) is 11.7 Å². The predicted molar refractivity (Wildman–Crippen MR) is 94.3 cm³/mol. The van der Waals surface area contributed by atoms with Crippen LogP contribution in [0.15, 0.2) is 28.8 Å². The maximum Gasteiger partial charge on any atom is 0.226 e. The van der Waals surface area contributed by atoms with E-state index in [9.17, 15) is 5.11 Å². The summed E-state index contributed by atoms with van der Waals surface area (Å²) in [5.41, 5.74) is 0.0374. The van der Waals surface area contributed by atoms with Gasteiger partial charge in [0.25, 0.3) is 0 Å². The van der Waals surface area contributed by atoms with Crippen LogP contribution < -0.4 is 4.74 Å². The lowest BCUT2D eigenvalue weighted by molar-refractivity contribution is -0.0153. The second-order valence-corrected chi connectivity index (χ2v) is 6.95. The molecule has 2 heterocycles. The van der Waals surface area contributed by atoms with Crippen molar-refractivity contribution >= 4 is 0 Å². The lowest BCUT2D eigenvalue weighted by atomic mass is 9.87. The third-order valence-corrected chi connectivity index (χ3v) is 4.95. The summed E-state index contributed by atoms with van der Waals surface area (Å²) in [5.74, 6) is 1.92. The molecule has 1 unspecified atom stereocenters. The quantitative estimate of drug-likeness (QED) is 0.832. The molecule has 6 heteroatoms. The first-order valence-corrected chi connectivity index (χ1v) is 8.98. The van der Waals surface area contributed by atoms with Gasteiger partial charge in [-0.15, -0.1) is 0 Å². The molecule has 0 saturated carbocycles. The number of nitrogens with zero attached hydrogens (tertiary/aromatic N) is 3. The zero-order chi connectivity index (χ0) is 17.9. The van der Waals surface area contributed by atoms with Crippen molar-refractivity contribution in [1.29, 1.82) is 0 Å². The summed E-state index contributed by atoms with van der Waals surface area (Å²) in [4.78, 5) is 6.51. The van der Waals surface area contributed by atoms with Gasteiger partial charge in [-0.3, -0.25) is 0 Å². The first-order chi connectivity index (χ1) is 12.0. The molecular weight excluding hydrogens is 318 g/mol. The maximum atomic E-state index is 11.0. The SMILES string of the molecule is CCCc1nc(COc2ccc(C(C)(O)[C@H]3CCCN3C)cc2)no1.